The monoisotopic (exact) mass is 264 g/mol. The molecule has 3 nitrogen and oxygen atoms in total. The van der Waals surface area contributed by atoms with Gasteiger partial charge in [0.05, 0.1) is 0 Å². The zero-order chi connectivity index (χ0) is 13.9. The van der Waals surface area contributed by atoms with E-state index in [9.17, 15) is 4.79 Å². The Morgan fingerprint density at radius 2 is 1.68 bits per heavy atom. The number of aryl methyl sites for hydroxylation is 2. The van der Waals surface area contributed by atoms with E-state index < -0.39 is 5.97 Å². The summed E-state index contributed by atoms with van der Waals surface area (Å²) in [6.07, 6.45) is 11.6. The van der Waals surface area contributed by atoms with E-state index in [1.165, 1.54) is 37.8 Å². The Kier molecular flexibility index (Phi) is 7.87. The summed E-state index contributed by atoms with van der Waals surface area (Å²) in [7, 11) is 2.10. The third-order valence-electron chi connectivity index (χ3n) is 3.49. The molecule has 1 aromatic rings. The van der Waals surface area contributed by atoms with E-state index in [4.69, 9.17) is 5.11 Å². The first kappa shape index (κ1) is 15.7. The van der Waals surface area contributed by atoms with Crippen molar-refractivity contribution < 1.29 is 14.5 Å². The molecule has 0 bridgehead atoms. The normalized spacial score (nSPS) is 10.6. The lowest BCUT2D eigenvalue weighted by molar-refractivity contribution is -0.679. The standard InChI is InChI=1S/C16H25NO2/c1-17-14-10-9-12-15(17)11-7-5-3-2-4-6-8-13-16(18)19/h9-10,12,14H,2-8,11,13H2,1H3/p+1. The topological polar surface area (TPSA) is 41.2 Å². The first-order valence-electron chi connectivity index (χ1n) is 7.35. The van der Waals surface area contributed by atoms with E-state index in [0.29, 0.717) is 6.42 Å². The van der Waals surface area contributed by atoms with Crippen molar-refractivity contribution in [2.75, 3.05) is 0 Å². The molecule has 0 aliphatic rings. The highest BCUT2D eigenvalue weighted by Crippen LogP contribution is 2.10. The van der Waals surface area contributed by atoms with Gasteiger partial charge in [-0.2, -0.15) is 0 Å². The second-order valence-corrected chi connectivity index (χ2v) is 5.17. The van der Waals surface area contributed by atoms with Gasteiger partial charge < -0.3 is 5.11 Å². The van der Waals surface area contributed by atoms with Crippen molar-refractivity contribution in [1.82, 2.24) is 0 Å². The lowest BCUT2D eigenvalue weighted by Crippen LogP contribution is -2.32. The summed E-state index contributed by atoms with van der Waals surface area (Å²) in [5.74, 6) is -0.671. The maximum absolute atomic E-state index is 10.3. The fraction of sp³-hybridized carbons (Fsp3) is 0.625. The van der Waals surface area contributed by atoms with Crippen LogP contribution in [0.3, 0.4) is 0 Å². The van der Waals surface area contributed by atoms with Crippen LogP contribution in [-0.4, -0.2) is 11.1 Å². The van der Waals surface area contributed by atoms with Crippen molar-refractivity contribution in [3.05, 3.63) is 30.1 Å². The molecule has 0 aliphatic heterocycles. The van der Waals surface area contributed by atoms with Crippen LogP contribution in [0.5, 0.6) is 0 Å². The molecule has 1 rings (SSSR count). The summed E-state index contributed by atoms with van der Waals surface area (Å²) in [5, 5.41) is 8.51. The highest BCUT2D eigenvalue weighted by Gasteiger charge is 2.03. The Bertz CT molecular complexity index is 377. The molecular weight excluding hydrogens is 238 g/mol. The number of aliphatic carboxylic acids is 1. The zero-order valence-corrected chi connectivity index (χ0v) is 12.0. The third-order valence-corrected chi connectivity index (χ3v) is 3.49. The molecule has 0 unspecified atom stereocenters. The second-order valence-electron chi connectivity index (χ2n) is 5.17. The molecule has 0 aliphatic carbocycles. The maximum atomic E-state index is 10.3. The van der Waals surface area contributed by atoms with Gasteiger partial charge in [0, 0.05) is 25.0 Å². The van der Waals surface area contributed by atoms with Gasteiger partial charge in [0.2, 0.25) is 0 Å². The average molecular weight is 264 g/mol. The van der Waals surface area contributed by atoms with Crippen LogP contribution in [-0.2, 0) is 18.3 Å². The van der Waals surface area contributed by atoms with Gasteiger partial charge in [-0.15, -0.1) is 0 Å². The van der Waals surface area contributed by atoms with Gasteiger partial charge in [0.15, 0.2) is 11.9 Å². The zero-order valence-electron chi connectivity index (χ0n) is 12.0. The van der Waals surface area contributed by atoms with Crippen LogP contribution in [0.15, 0.2) is 24.4 Å². The molecule has 106 valence electrons. The first-order valence-corrected chi connectivity index (χ1v) is 7.35. The van der Waals surface area contributed by atoms with Crippen LogP contribution in [0.25, 0.3) is 0 Å². The van der Waals surface area contributed by atoms with Crippen LogP contribution in [0, 0.1) is 0 Å². The number of carboxylic acid groups (broad SMARTS) is 1. The van der Waals surface area contributed by atoms with Gasteiger partial charge in [-0.25, -0.2) is 4.57 Å². The average Bonchev–Trinajstić information content (AvgIpc) is 2.38. The summed E-state index contributed by atoms with van der Waals surface area (Å²) in [5.41, 5.74) is 1.39. The lowest BCUT2D eigenvalue weighted by Gasteiger charge is -2.01. The van der Waals surface area contributed by atoms with Crippen molar-refractivity contribution >= 4 is 5.97 Å². The molecule has 0 amide bonds. The number of hydrogen-bond acceptors (Lipinski definition) is 1. The summed E-state index contributed by atoms with van der Waals surface area (Å²) in [6.45, 7) is 0. The molecular formula is C16H26NO2+. The van der Waals surface area contributed by atoms with E-state index >= 15 is 0 Å². The van der Waals surface area contributed by atoms with Crippen molar-refractivity contribution in [2.24, 2.45) is 7.05 Å². The molecule has 19 heavy (non-hydrogen) atoms. The number of pyridine rings is 1. The number of hydrogen-bond donors (Lipinski definition) is 1. The van der Waals surface area contributed by atoms with Crippen molar-refractivity contribution in [3.8, 4) is 0 Å². The molecule has 1 aromatic heterocycles. The van der Waals surface area contributed by atoms with Crippen molar-refractivity contribution in [1.29, 1.82) is 0 Å². The molecule has 1 heterocycles. The number of carbonyl (C=O) groups is 1. The molecule has 0 atom stereocenters. The van der Waals surface area contributed by atoms with Crippen molar-refractivity contribution in [3.63, 3.8) is 0 Å². The Morgan fingerprint density at radius 1 is 1.05 bits per heavy atom. The molecule has 0 aromatic carbocycles. The van der Waals surface area contributed by atoms with Crippen LogP contribution >= 0.6 is 0 Å². The number of carboxylic acids is 1. The molecule has 0 saturated carbocycles. The quantitative estimate of drug-likeness (QED) is 0.520. The highest BCUT2D eigenvalue weighted by molar-refractivity contribution is 5.66. The number of rotatable bonds is 10. The Hall–Kier alpha value is -1.38. The van der Waals surface area contributed by atoms with Crippen LogP contribution < -0.4 is 4.57 Å². The first-order chi connectivity index (χ1) is 9.20. The smallest absolute Gasteiger partial charge is 0.303 e. The Morgan fingerprint density at radius 3 is 2.32 bits per heavy atom. The van der Waals surface area contributed by atoms with Gasteiger partial charge in [-0.05, 0) is 12.8 Å². The predicted octanol–water partition coefficient (Wildman–Crippen LogP) is 3.26. The van der Waals surface area contributed by atoms with E-state index in [-0.39, 0.29) is 0 Å². The third kappa shape index (κ3) is 7.60. The van der Waals surface area contributed by atoms with Crippen LogP contribution in [0.1, 0.15) is 57.1 Å². The Labute approximate surface area is 116 Å². The maximum Gasteiger partial charge on any atom is 0.303 e. The van der Waals surface area contributed by atoms with E-state index in [1.807, 2.05) is 0 Å². The van der Waals surface area contributed by atoms with Gasteiger partial charge in [-0.1, -0.05) is 38.2 Å². The van der Waals surface area contributed by atoms with Crippen LogP contribution in [0.4, 0.5) is 0 Å². The minimum atomic E-state index is -0.671. The van der Waals surface area contributed by atoms with Gasteiger partial charge in [-0.3, -0.25) is 4.79 Å². The molecule has 0 fully saturated rings. The van der Waals surface area contributed by atoms with Gasteiger partial charge >= 0.3 is 5.97 Å². The number of unbranched alkanes of at least 4 members (excludes halogenated alkanes) is 6. The van der Waals surface area contributed by atoms with E-state index in [2.05, 4.69) is 36.0 Å². The lowest BCUT2D eigenvalue weighted by atomic mass is 10.1. The molecule has 1 N–H and O–H groups in total. The van der Waals surface area contributed by atoms with Crippen molar-refractivity contribution in [2.45, 2.75) is 57.8 Å². The predicted molar refractivity (Wildman–Crippen MR) is 75.9 cm³/mol. The summed E-state index contributed by atoms with van der Waals surface area (Å²) in [6, 6.07) is 6.34. The molecule has 3 heteroatoms. The summed E-state index contributed by atoms with van der Waals surface area (Å²) >= 11 is 0. The molecule has 0 spiro atoms. The largest absolute Gasteiger partial charge is 0.481 e. The Balaban J connectivity index is 1.94. The fourth-order valence-corrected chi connectivity index (χ4v) is 2.28. The SMILES string of the molecule is C[n+]1ccccc1CCCCCCCCCC(=O)O. The minimum Gasteiger partial charge on any atom is -0.481 e. The summed E-state index contributed by atoms with van der Waals surface area (Å²) < 4.78 is 2.19. The highest BCUT2D eigenvalue weighted by atomic mass is 16.4. The number of nitrogens with zero attached hydrogens (tertiary/aromatic N) is 1. The van der Waals surface area contributed by atoms with E-state index in [0.717, 1.165) is 19.3 Å². The number of aromatic nitrogens is 1. The fourth-order valence-electron chi connectivity index (χ4n) is 2.28. The van der Waals surface area contributed by atoms with E-state index in [1.54, 1.807) is 0 Å². The molecule has 0 saturated heterocycles. The molecule has 0 radical (unpaired) electrons. The van der Waals surface area contributed by atoms with Gasteiger partial charge in [0.1, 0.15) is 7.05 Å². The second kappa shape index (κ2) is 9.54. The summed E-state index contributed by atoms with van der Waals surface area (Å²) in [4.78, 5) is 10.3. The van der Waals surface area contributed by atoms with Crippen LogP contribution in [0.2, 0.25) is 0 Å². The minimum absolute atomic E-state index is 0.324. The van der Waals surface area contributed by atoms with Gasteiger partial charge in [0.25, 0.3) is 0 Å².